The van der Waals surface area contributed by atoms with E-state index in [0.29, 0.717) is 23.8 Å². The summed E-state index contributed by atoms with van der Waals surface area (Å²) in [6.45, 7) is 0.825. The number of rotatable bonds is 3. The van der Waals surface area contributed by atoms with Crippen LogP contribution in [0.3, 0.4) is 0 Å². The second-order valence-electron chi connectivity index (χ2n) is 6.85. The summed E-state index contributed by atoms with van der Waals surface area (Å²) in [7, 11) is 0. The molecule has 1 fully saturated rings. The summed E-state index contributed by atoms with van der Waals surface area (Å²) >= 11 is 0. The summed E-state index contributed by atoms with van der Waals surface area (Å²) in [5.74, 6) is 1.32. The van der Waals surface area contributed by atoms with Crippen LogP contribution in [-0.2, 0) is 0 Å². The van der Waals surface area contributed by atoms with Gasteiger partial charge in [0, 0.05) is 18.2 Å². The number of fused-ring (bicyclic) bond motifs is 1. The Morgan fingerprint density at radius 2 is 1.89 bits per heavy atom. The molecule has 1 saturated heterocycles. The molecule has 2 aromatic carbocycles. The normalized spacial score (nSPS) is 17.9. The van der Waals surface area contributed by atoms with E-state index in [0.717, 1.165) is 24.0 Å². The van der Waals surface area contributed by atoms with Gasteiger partial charge in [-0.25, -0.2) is 4.39 Å². The average molecular weight is 380 g/mol. The topological polar surface area (TPSA) is 64.8 Å². The number of carbonyl (C=O) groups is 1. The van der Waals surface area contributed by atoms with E-state index < -0.39 is 0 Å². The molecule has 3 heterocycles. The molecule has 0 spiro atoms. The van der Waals surface area contributed by atoms with E-state index in [1.807, 2.05) is 6.07 Å². The molecule has 142 valence electrons. The van der Waals surface area contributed by atoms with Crippen LogP contribution in [0.15, 0.2) is 53.1 Å². The molecular formula is C21H17FN2O4. The third-order valence-corrected chi connectivity index (χ3v) is 5.15. The number of benzene rings is 2. The molecule has 1 aromatic heterocycles. The van der Waals surface area contributed by atoms with Crippen LogP contribution >= 0.6 is 0 Å². The molecule has 0 unspecified atom stereocenters. The highest BCUT2D eigenvalue weighted by atomic mass is 19.1. The maximum absolute atomic E-state index is 13.2. The fourth-order valence-corrected chi connectivity index (χ4v) is 3.75. The molecule has 2 aliphatic rings. The molecule has 1 amide bonds. The fraction of sp³-hybridized carbons (Fsp3) is 0.238. The van der Waals surface area contributed by atoms with Gasteiger partial charge in [0.25, 0.3) is 5.91 Å². The Morgan fingerprint density at radius 1 is 1.07 bits per heavy atom. The van der Waals surface area contributed by atoms with Gasteiger partial charge in [-0.3, -0.25) is 4.79 Å². The maximum Gasteiger partial charge on any atom is 0.276 e. The second-order valence-corrected chi connectivity index (χ2v) is 6.85. The van der Waals surface area contributed by atoms with Gasteiger partial charge in [0.1, 0.15) is 5.82 Å². The maximum atomic E-state index is 13.2. The van der Waals surface area contributed by atoms with Gasteiger partial charge in [-0.15, -0.1) is 0 Å². The van der Waals surface area contributed by atoms with Gasteiger partial charge in [-0.05, 0) is 48.7 Å². The highest BCUT2D eigenvalue weighted by molar-refractivity contribution is 5.93. The first kappa shape index (κ1) is 16.8. The SMILES string of the molecule is O=C(c1cc(-c2ccc3c(c2)OCO3)on1)N1CCC[C@@H]1c1ccc(F)cc1. The third kappa shape index (κ3) is 2.89. The molecule has 0 saturated carbocycles. The minimum atomic E-state index is -0.288. The highest BCUT2D eigenvalue weighted by Gasteiger charge is 2.32. The van der Waals surface area contributed by atoms with Gasteiger partial charge in [0.05, 0.1) is 6.04 Å². The van der Waals surface area contributed by atoms with Crippen molar-refractivity contribution in [2.75, 3.05) is 13.3 Å². The lowest BCUT2D eigenvalue weighted by molar-refractivity contribution is 0.0725. The Labute approximate surface area is 160 Å². The molecule has 0 aliphatic carbocycles. The van der Waals surface area contributed by atoms with Crippen LogP contribution in [0.5, 0.6) is 11.5 Å². The van der Waals surface area contributed by atoms with Gasteiger partial charge >= 0.3 is 0 Å². The Bertz CT molecular complexity index is 1030. The van der Waals surface area contributed by atoms with Gasteiger partial charge in [-0.2, -0.15) is 0 Å². The lowest BCUT2D eigenvalue weighted by Crippen LogP contribution is -2.30. The van der Waals surface area contributed by atoms with Crippen LogP contribution in [0.25, 0.3) is 11.3 Å². The number of carbonyl (C=O) groups excluding carboxylic acids is 1. The van der Waals surface area contributed by atoms with Crippen molar-refractivity contribution in [3.05, 3.63) is 65.6 Å². The molecule has 7 heteroatoms. The summed E-state index contributed by atoms with van der Waals surface area (Å²) in [5, 5.41) is 3.97. The minimum Gasteiger partial charge on any atom is -0.454 e. The molecule has 0 bridgehead atoms. The van der Waals surface area contributed by atoms with E-state index in [1.165, 1.54) is 12.1 Å². The molecule has 0 N–H and O–H groups in total. The Balaban J connectivity index is 1.39. The quantitative estimate of drug-likeness (QED) is 0.682. The van der Waals surface area contributed by atoms with Crippen molar-refractivity contribution in [1.82, 2.24) is 10.1 Å². The highest BCUT2D eigenvalue weighted by Crippen LogP contribution is 2.37. The number of nitrogens with zero attached hydrogens (tertiary/aromatic N) is 2. The second kappa shape index (κ2) is 6.67. The van der Waals surface area contributed by atoms with E-state index in [4.69, 9.17) is 14.0 Å². The van der Waals surface area contributed by atoms with Gasteiger partial charge < -0.3 is 18.9 Å². The first-order chi connectivity index (χ1) is 13.7. The van der Waals surface area contributed by atoms with E-state index >= 15 is 0 Å². The van der Waals surface area contributed by atoms with E-state index in [2.05, 4.69) is 5.16 Å². The van der Waals surface area contributed by atoms with Crippen molar-refractivity contribution < 1.29 is 23.2 Å². The largest absolute Gasteiger partial charge is 0.454 e. The van der Waals surface area contributed by atoms with Crippen LogP contribution in [0, 0.1) is 5.82 Å². The van der Waals surface area contributed by atoms with Crippen molar-refractivity contribution in [3.8, 4) is 22.8 Å². The fourth-order valence-electron chi connectivity index (χ4n) is 3.75. The number of aromatic nitrogens is 1. The van der Waals surface area contributed by atoms with Crippen molar-refractivity contribution in [2.45, 2.75) is 18.9 Å². The summed E-state index contributed by atoms with van der Waals surface area (Å²) in [6.07, 6.45) is 1.73. The molecule has 3 aromatic rings. The van der Waals surface area contributed by atoms with Crippen molar-refractivity contribution >= 4 is 5.91 Å². The van der Waals surface area contributed by atoms with Crippen LogP contribution in [-0.4, -0.2) is 29.3 Å². The van der Waals surface area contributed by atoms with E-state index in [9.17, 15) is 9.18 Å². The van der Waals surface area contributed by atoms with Gasteiger partial charge in [-0.1, -0.05) is 17.3 Å². The Kier molecular flexibility index (Phi) is 4.00. The lowest BCUT2D eigenvalue weighted by Gasteiger charge is -2.24. The van der Waals surface area contributed by atoms with Gasteiger partial charge in [0.15, 0.2) is 23.0 Å². The number of hydrogen-bond acceptors (Lipinski definition) is 5. The van der Waals surface area contributed by atoms with Gasteiger partial charge in [0.2, 0.25) is 6.79 Å². The predicted molar refractivity (Wildman–Crippen MR) is 97.5 cm³/mol. The first-order valence-electron chi connectivity index (χ1n) is 9.12. The first-order valence-corrected chi connectivity index (χ1v) is 9.12. The van der Waals surface area contributed by atoms with Crippen LogP contribution in [0.2, 0.25) is 0 Å². The summed E-state index contributed by atoms with van der Waals surface area (Å²) in [6, 6.07) is 13.3. The van der Waals surface area contributed by atoms with Crippen molar-refractivity contribution in [2.24, 2.45) is 0 Å². The number of halogens is 1. The average Bonchev–Trinajstić information content (AvgIpc) is 3.47. The number of amides is 1. The molecular weight excluding hydrogens is 363 g/mol. The Morgan fingerprint density at radius 3 is 2.75 bits per heavy atom. The summed E-state index contributed by atoms with van der Waals surface area (Å²) in [4.78, 5) is 14.8. The molecule has 2 aliphatic heterocycles. The van der Waals surface area contributed by atoms with Crippen LogP contribution in [0.1, 0.15) is 34.9 Å². The summed E-state index contributed by atoms with van der Waals surface area (Å²) < 4.78 is 29.3. The molecule has 5 rings (SSSR count). The zero-order valence-electron chi connectivity index (χ0n) is 14.9. The summed E-state index contributed by atoms with van der Waals surface area (Å²) in [5.41, 5.74) is 1.93. The Hall–Kier alpha value is -3.35. The number of hydrogen-bond donors (Lipinski definition) is 0. The minimum absolute atomic E-state index is 0.0845. The third-order valence-electron chi connectivity index (χ3n) is 5.15. The number of likely N-dealkylation sites (tertiary alicyclic amines) is 1. The monoisotopic (exact) mass is 380 g/mol. The molecule has 1 atom stereocenters. The van der Waals surface area contributed by atoms with Crippen LogP contribution in [0.4, 0.5) is 4.39 Å². The number of ether oxygens (including phenoxy) is 2. The molecule has 28 heavy (non-hydrogen) atoms. The molecule has 0 radical (unpaired) electrons. The van der Waals surface area contributed by atoms with E-state index in [1.54, 1.807) is 35.2 Å². The van der Waals surface area contributed by atoms with Crippen molar-refractivity contribution in [3.63, 3.8) is 0 Å². The smallest absolute Gasteiger partial charge is 0.276 e. The van der Waals surface area contributed by atoms with E-state index in [-0.39, 0.29) is 30.3 Å². The standard InChI is InChI=1S/C21H17FN2O4/c22-15-6-3-13(4-7-15)17-2-1-9-24(17)21(25)16-11-19(28-23-16)14-5-8-18-20(10-14)27-12-26-18/h3-8,10-11,17H,1-2,9,12H2/t17-/m1/s1. The van der Waals surface area contributed by atoms with Crippen LogP contribution < -0.4 is 9.47 Å². The predicted octanol–water partition coefficient (Wildman–Crippen LogP) is 4.19. The zero-order valence-corrected chi connectivity index (χ0v) is 14.9. The van der Waals surface area contributed by atoms with Crippen molar-refractivity contribution in [1.29, 1.82) is 0 Å². The lowest BCUT2D eigenvalue weighted by atomic mass is 10.0. The molecule has 6 nitrogen and oxygen atoms in total. The zero-order chi connectivity index (χ0) is 19.1.